The van der Waals surface area contributed by atoms with Crippen molar-refractivity contribution >= 4 is 17.8 Å². The molecule has 0 unspecified atom stereocenters. The van der Waals surface area contributed by atoms with Crippen LogP contribution in [-0.2, 0) is 14.4 Å². The minimum absolute atomic E-state index is 0.186. The number of carbonyl (C=O) groups is 3. The lowest BCUT2D eigenvalue weighted by Gasteiger charge is -2.10. The number of carboxylic acids is 1. The highest BCUT2D eigenvalue weighted by Crippen LogP contribution is 2.05. The van der Waals surface area contributed by atoms with Crippen molar-refractivity contribution < 1.29 is 19.5 Å². The van der Waals surface area contributed by atoms with Gasteiger partial charge in [0.15, 0.2) is 0 Å². The quantitative estimate of drug-likeness (QED) is 0.493. The summed E-state index contributed by atoms with van der Waals surface area (Å²) in [4.78, 5) is 31.7. The maximum absolute atomic E-state index is 11.1. The van der Waals surface area contributed by atoms with Crippen LogP contribution in [0.15, 0.2) is 0 Å². The predicted octanol–water partition coefficient (Wildman–Crippen LogP) is -2.87. The fourth-order valence-corrected chi connectivity index (χ4v) is 1.09. The molecule has 2 amide bonds. The third-order valence-corrected chi connectivity index (χ3v) is 1.72. The summed E-state index contributed by atoms with van der Waals surface area (Å²) in [5.74, 6) is -2.01. The minimum atomic E-state index is -1.35. The van der Waals surface area contributed by atoms with Gasteiger partial charge in [0, 0.05) is 6.42 Å². The second-order valence-corrected chi connectivity index (χ2v) is 2.75. The van der Waals surface area contributed by atoms with Crippen LogP contribution < -0.4 is 15.7 Å². The minimum Gasteiger partial charge on any atom is -0.548 e. The highest BCUT2D eigenvalue weighted by molar-refractivity contribution is 5.91. The Hall–Kier alpha value is -1.59. The highest BCUT2D eigenvalue weighted by atomic mass is 16.4. The van der Waals surface area contributed by atoms with Crippen LogP contribution in [0, 0.1) is 0 Å². The molecule has 0 radical (unpaired) electrons. The van der Waals surface area contributed by atoms with Crippen molar-refractivity contribution in [3.05, 3.63) is 0 Å². The Kier molecular flexibility index (Phi) is 2.84. The average molecular weight is 185 g/mol. The zero-order chi connectivity index (χ0) is 9.84. The first-order valence-corrected chi connectivity index (χ1v) is 3.86. The van der Waals surface area contributed by atoms with Gasteiger partial charge in [-0.1, -0.05) is 0 Å². The monoisotopic (exact) mass is 185 g/mol. The number of nitrogens with one attached hydrogen (secondary N) is 2. The van der Waals surface area contributed by atoms with Gasteiger partial charge in [-0.3, -0.25) is 9.59 Å². The van der Waals surface area contributed by atoms with E-state index in [2.05, 4.69) is 10.6 Å². The Morgan fingerprint density at radius 1 is 1.62 bits per heavy atom. The van der Waals surface area contributed by atoms with Gasteiger partial charge >= 0.3 is 0 Å². The van der Waals surface area contributed by atoms with Crippen LogP contribution in [0.1, 0.15) is 12.8 Å². The van der Waals surface area contributed by atoms with E-state index in [1.54, 1.807) is 0 Å². The number of aliphatic carboxylic acids is 1. The van der Waals surface area contributed by atoms with Gasteiger partial charge in [-0.2, -0.15) is 0 Å². The van der Waals surface area contributed by atoms with Crippen LogP contribution in [0.5, 0.6) is 0 Å². The summed E-state index contributed by atoms with van der Waals surface area (Å²) in [6.45, 7) is -0.523. The van der Waals surface area contributed by atoms with Crippen molar-refractivity contribution in [1.82, 2.24) is 10.6 Å². The lowest BCUT2D eigenvalue weighted by atomic mass is 10.2. The van der Waals surface area contributed by atoms with Gasteiger partial charge in [0.1, 0.15) is 6.04 Å². The molecular formula is C7H9N2O4-. The van der Waals surface area contributed by atoms with Crippen LogP contribution in [0.2, 0.25) is 0 Å². The number of carbonyl (C=O) groups excluding carboxylic acids is 3. The molecule has 0 aliphatic carbocycles. The zero-order valence-electron chi connectivity index (χ0n) is 6.83. The molecule has 1 fully saturated rings. The van der Waals surface area contributed by atoms with Crippen LogP contribution in [0.25, 0.3) is 0 Å². The molecule has 1 aliphatic heterocycles. The number of amides is 2. The van der Waals surface area contributed by atoms with E-state index in [4.69, 9.17) is 0 Å². The maximum Gasteiger partial charge on any atom is 0.242 e. The molecule has 0 saturated carbocycles. The van der Waals surface area contributed by atoms with E-state index in [1.807, 2.05) is 0 Å². The summed E-state index contributed by atoms with van der Waals surface area (Å²) in [6, 6.07) is -0.591. The van der Waals surface area contributed by atoms with E-state index < -0.39 is 24.5 Å². The molecule has 13 heavy (non-hydrogen) atoms. The molecular weight excluding hydrogens is 176 g/mol. The van der Waals surface area contributed by atoms with Gasteiger partial charge in [0.2, 0.25) is 11.8 Å². The van der Waals surface area contributed by atoms with E-state index in [1.165, 1.54) is 0 Å². The first kappa shape index (κ1) is 9.50. The van der Waals surface area contributed by atoms with Crippen molar-refractivity contribution in [3.63, 3.8) is 0 Å². The van der Waals surface area contributed by atoms with Gasteiger partial charge in [0.25, 0.3) is 0 Å². The third kappa shape index (κ3) is 2.73. The summed E-state index contributed by atoms with van der Waals surface area (Å²) in [5.41, 5.74) is 0. The molecule has 6 heteroatoms. The Balaban J connectivity index is 2.31. The fourth-order valence-electron chi connectivity index (χ4n) is 1.09. The van der Waals surface area contributed by atoms with E-state index in [-0.39, 0.29) is 5.91 Å². The van der Waals surface area contributed by atoms with Gasteiger partial charge in [0.05, 0.1) is 12.5 Å². The molecule has 2 N–H and O–H groups in total. The van der Waals surface area contributed by atoms with Gasteiger partial charge < -0.3 is 20.5 Å². The molecule has 0 bridgehead atoms. The molecule has 1 aliphatic rings. The number of hydrogen-bond acceptors (Lipinski definition) is 4. The molecule has 1 heterocycles. The second kappa shape index (κ2) is 3.88. The Labute approximate surface area is 74.3 Å². The van der Waals surface area contributed by atoms with E-state index in [0.717, 1.165) is 0 Å². The Bertz CT molecular complexity index is 251. The van der Waals surface area contributed by atoms with Crippen LogP contribution in [0.3, 0.4) is 0 Å². The number of rotatable bonds is 3. The van der Waals surface area contributed by atoms with Crippen LogP contribution >= 0.6 is 0 Å². The SMILES string of the molecule is O=C([O-])CNC(=O)[C@@H]1CCC(=O)N1. The molecule has 0 aromatic heterocycles. The van der Waals surface area contributed by atoms with Gasteiger partial charge in [-0.05, 0) is 6.42 Å². The van der Waals surface area contributed by atoms with E-state index in [9.17, 15) is 19.5 Å². The Morgan fingerprint density at radius 3 is 2.77 bits per heavy atom. The van der Waals surface area contributed by atoms with Crippen molar-refractivity contribution in [2.45, 2.75) is 18.9 Å². The molecule has 0 aromatic rings. The predicted molar refractivity (Wildman–Crippen MR) is 39.2 cm³/mol. The van der Waals surface area contributed by atoms with Gasteiger partial charge in [-0.15, -0.1) is 0 Å². The van der Waals surface area contributed by atoms with Crippen LogP contribution in [0.4, 0.5) is 0 Å². The first-order chi connectivity index (χ1) is 6.09. The maximum atomic E-state index is 11.1. The molecule has 1 saturated heterocycles. The summed E-state index contributed by atoms with van der Waals surface area (Å²) >= 11 is 0. The molecule has 72 valence electrons. The van der Waals surface area contributed by atoms with Crippen molar-refractivity contribution in [1.29, 1.82) is 0 Å². The summed E-state index contributed by atoms with van der Waals surface area (Å²) in [5, 5.41) is 14.5. The highest BCUT2D eigenvalue weighted by Gasteiger charge is 2.26. The molecule has 0 spiro atoms. The summed E-state index contributed by atoms with van der Waals surface area (Å²) in [7, 11) is 0. The fraction of sp³-hybridized carbons (Fsp3) is 0.571. The van der Waals surface area contributed by atoms with Crippen molar-refractivity contribution in [2.75, 3.05) is 6.54 Å². The normalized spacial score (nSPS) is 20.9. The Morgan fingerprint density at radius 2 is 2.31 bits per heavy atom. The smallest absolute Gasteiger partial charge is 0.242 e. The summed E-state index contributed by atoms with van der Waals surface area (Å²) < 4.78 is 0. The second-order valence-electron chi connectivity index (χ2n) is 2.75. The standard InChI is InChI=1S/C7H10N2O4/c10-5-2-1-4(9-5)7(13)8-3-6(11)12/h4H,1-3H2,(H,8,13)(H,9,10)(H,11,12)/p-1/t4-/m0/s1. The largest absolute Gasteiger partial charge is 0.548 e. The summed E-state index contributed by atoms with van der Waals surface area (Å²) in [6.07, 6.45) is 0.723. The topological polar surface area (TPSA) is 98.3 Å². The molecule has 0 aromatic carbocycles. The van der Waals surface area contributed by atoms with E-state index in [0.29, 0.717) is 12.8 Å². The molecule has 1 atom stereocenters. The third-order valence-electron chi connectivity index (χ3n) is 1.72. The number of carboxylic acid groups (broad SMARTS) is 1. The molecule has 1 rings (SSSR count). The lowest BCUT2D eigenvalue weighted by Crippen LogP contribution is -2.45. The van der Waals surface area contributed by atoms with Crippen molar-refractivity contribution in [2.24, 2.45) is 0 Å². The van der Waals surface area contributed by atoms with E-state index >= 15 is 0 Å². The molecule has 6 nitrogen and oxygen atoms in total. The first-order valence-electron chi connectivity index (χ1n) is 3.86. The van der Waals surface area contributed by atoms with Gasteiger partial charge in [-0.25, -0.2) is 0 Å². The van der Waals surface area contributed by atoms with Crippen LogP contribution in [-0.4, -0.2) is 30.4 Å². The van der Waals surface area contributed by atoms with Crippen molar-refractivity contribution in [3.8, 4) is 0 Å². The zero-order valence-corrected chi connectivity index (χ0v) is 6.83. The number of hydrogen-bond donors (Lipinski definition) is 2. The lowest BCUT2D eigenvalue weighted by molar-refractivity contribution is -0.304. The average Bonchev–Trinajstić information content (AvgIpc) is 2.47.